The van der Waals surface area contributed by atoms with Crippen molar-refractivity contribution in [3.8, 4) is 5.75 Å². The molecule has 1 aromatic heterocycles. The maximum Gasteiger partial charge on any atom is 0.244 e. The van der Waals surface area contributed by atoms with Crippen LogP contribution in [0.15, 0.2) is 24.4 Å². The second-order valence-corrected chi connectivity index (χ2v) is 8.19. The predicted molar refractivity (Wildman–Crippen MR) is 121 cm³/mol. The summed E-state index contributed by atoms with van der Waals surface area (Å²) in [5, 5.41) is 8.53. The van der Waals surface area contributed by atoms with Gasteiger partial charge in [0, 0.05) is 37.9 Å². The van der Waals surface area contributed by atoms with Gasteiger partial charge in [-0.2, -0.15) is 5.10 Å². The fourth-order valence-corrected chi connectivity index (χ4v) is 3.83. The molecule has 7 nitrogen and oxygen atoms in total. The highest BCUT2D eigenvalue weighted by atomic mass is 35.5. The third-order valence-electron chi connectivity index (χ3n) is 5.42. The molecule has 0 spiro atoms. The highest BCUT2D eigenvalue weighted by molar-refractivity contribution is 6.32. The summed E-state index contributed by atoms with van der Waals surface area (Å²) in [4.78, 5) is 16.6. The Kier molecular flexibility index (Phi) is 8.24. The van der Waals surface area contributed by atoms with Gasteiger partial charge in [0.2, 0.25) is 5.91 Å². The molecule has 3 heterocycles. The molecule has 1 N–H and O–H groups in total. The van der Waals surface area contributed by atoms with Gasteiger partial charge in [0.1, 0.15) is 12.3 Å². The van der Waals surface area contributed by atoms with Crippen LogP contribution in [0.25, 0.3) is 0 Å². The quantitative estimate of drug-likeness (QED) is 0.769. The number of methoxy groups -OCH3 is 1. The summed E-state index contributed by atoms with van der Waals surface area (Å²) in [5.41, 5.74) is 1.85. The van der Waals surface area contributed by atoms with E-state index in [0.717, 1.165) is 24.5 Å². The molecule has 2 aromatic rings. The molecule has 2 aliphatic heterocycles. The largest absolute Gasteiger partial charge is 0.495 e. The SMILES string of the molecule is C1CCNC1.COc1cc(N2CCN(C(=O)Cn3ncc(Cl)c3C)CC2)ccc1Cl. The molecule has 2 aliphatic rings. The van der Waals surface area contributed by atoms with E-state index in [0.29, 0.717) is 28.9 Å². The van der Waals surface area contributed by atoms with E-state index in [1.807, 2.05) is 30.0 Å². The number of aromatic nitrogens is 2. The number of hydrogen-bond acceptors (Lipinski definition) is 5. The Balaban J connectivity index is 0.000000448. The van der Waals surface area contributed by atoms with E-state index in [9.17, 15) is 4.79 Å². The van der Waals surface area contributed by atoms with E-state index >= 15 is 0 Å². The number of ether oxygens (including phenoxy) is 1. The number of halogens is 2. The van der Waals surface area contributed by atoms with Crippen LogP contribution in [0, 0.1) is 6.92 Å². The second-order valence-electron chi connectivity index (χ2n) is 7.38. The van der Waals surface area contributed by atoms with Gasteiger partial charge in [0.05, 0.1) is 29.0 Å². The first kappa shape index (κ1) is 22.7. The van der Waals surface area contributed by atoms with Gasteiger partial charge in [-0.25, -0.2) is 0 Å². The zero-order valence-corrected chi connectivity index (χ0v) is 19.0. The van der Waals surface area contributed by atoms with Crippen molar-refractivity contribution in [1.82, 2.24) is 20.0 Å². The van der Waals surface area contributed by atoms with Crippen LogP contribution in [-0.4, -0.2) is 67.0 Å². The number of anilines is 1. The van der Waals surface area contributed by atoms with Gasteiger partial charge < -0.3 is 19.9 Å². The van der Waals surface area contributed by atoms with Crippen LogP contribution in [0.1, 0.15) is 18.5 Å². The molecular formula is C21H29Cl2N5O2. The zero-order chi connectivity index (χ0) is 21.5. The number of carbonyl (C=O) groups excluding carboxylic acids is 1. The van der Waals surface area contributed by atoms with Crippen LogP contribution in [0.2, 0.25) is 10.0 Å². The van der Waals surface area contributed by atoms with E-state index in [1.54, 1.807) is 18.0 Å². The molecule has 2 fully saturated rings. The minimum atomic E-state index is 0.0520. The van der Waals surface area contributed by atoms with Crippen molar-refractivity contribution >= 4 is 34.8 Å². The summed E-state index contributed by atoms with van der Waals surface area (Å²) in [5.74, 6) is 0.708. The highest BCUT2D eigenvalue weighted by Crippen LogP contribution is 2.29. The Morgan fingerprint density at radius 3 is 2.37 bits per heavy atom. The van der Waals surface area contributed by atoms with Crippen molar-refractivity contribution in [3.63, 3.8) is 0 Å². The van der Waals surface area contributed by atoms with Crippen molar-refractivity contribution in [2.24, 2.45) is 0 Å². The first-order chi connectivity index (χ1) is 14.5. The second kappa shape index (κ2) is 10.9. The highest BCUT2D eigenvalue weighted by Gasteiger charge is 2.22. The predicted octanol–water partition coefficient (Wildman–Crippen LogP) is 3.23. The number of rotatable bonds is 4. The monoisotopic (exact) mass is 453 g/mol. The Morgan fingerprint density at radius 2 is 1.83 bits per heavy atom. The van der Waals surface area contributed by atoms with E-state index in [2.05, 4.69) is 15.3 Å². The Bertz CT molecular complexity index is 838. The summed E-state index contributed by atoms with van der Waals surface area (Å²) >= 11 is 12.1. The lowest BCUT2D eigenvalue weighted by Gasteiger charge is -2.36. The van der Waals surface area contributed by atoms with Crippen molar-refractivity contribution in [2.45, 2.75) is 26.3 Å². The molecular weight excluding hydrogens is 425 g/mol. The lowest BCUT2D eigenvalue weighted by atomic mass is 10.2. The van der Waals surface area contributed by atoms with Gasteiger partial charge in [-0.15, -0.1) is 0 Å². The smallest absolute Gasteiger partial charge is 0.244 e. The number of nitrogens with zero attached hydrogens (tertiary/aromatic N) is 4. The molecule has 164 valence electrons. The third-order valence-corrected chi connectivity index (χ3v) is 6.10. The number of hydrogen-bond donors (Lipinski definition) is 1. The fraction of sp³-hybridized carbons (Fsp3) is 0.524. The van der Waals surface area contributed by atoms with Gasteiger partial charge in [0.25, 0.3) is 0 Å². The number of nitrogens with one attached hydrogen (secondary N) is 1. The van der Waals surface area contributed by atoms with E-state index in [1.165, 1.54) is 25.9 Å². The van der Waals surface area contributed by atoms with Crippen LogP contribution in [0.4, 0.5) is 5.69 Å². The van der Waals surface area contributed by atoms with Crippen molar-refractivity contribution in [3.05, 3.63) is 40.1 Å². The molecule has 4 rings (SSSR count). The Labute approximate surface area is 187 Å². The van der Waals surface area contributed by atoms with Crippen molar-refractivity contribution in [1.29, 1.82) is 0 Å². The Morgan fingerprint density at radius 1 is 1.13 bits per heavy atom. The van der Waals surface area contributed by atoms with Crippen LogP contribution in [0.5, 0.6) is 5.75 Å². The van der Waals surface area contributed by atoms with Gasteiger partial charge in [-0.05, 0) is 45.0 Å². The minimum absolute atomic E-state index is 0.0520. The van der Waals surface area contributed by atoms with Gasteiger partial charge in [0.15, 0.2) is 0 Å². The first-order valence-corrected chi connectivity index (χ1v) is 11.0. The maximum atomic E-state index is 12.5. The number of benzene rings is 1. The van der Waals surface area contributed by atoms with Crippen molar-refractivity contribution in [2.75, 3.05) is 51.3 Å². The topological polar surface area (TPSA) is 62.6 Å². The molecule has 0 atom stereocenters. The summed E-state index contributed by atoms with van der Waals surface area (Å²) in [6.45, 7) is 7.42. The van der Waals surface area contributed by atoms with Crippen LogP contribution in [-0.2, 0) is 11.3 Å². The maximum absolute atomic E-state index is 12.5. The lowest BCUT2D eigenvalue weighted by molar-refractivity contribution is -0.132. The summed E-state index contributed by atoms with van der Waals surface area (Å²) < 4.78 is 6.91. The first-order valence-electron chi connectivity index (χ1n) is 10.2. The lowest BCUT2D eigenvalue weighted by Crippen LogP contribution is -2.49. The normalized spacial score (nSPS) is 16.3. The third kappa shape index (κ3) is 5.80. The van der Waals surface area contributed by atoms with Gasteiger partial charge in [-0.1, -0.05) is 23.2 Å². The Hall–Kier alpha value is -1.96. The molecule has 1 aromatic carbocycles. The molecule has 0 unspecified atom stereocenters. The summed E-state index contributed by atoms with van der Waals surface area (Å²) in [6.07, 6.45) is 4.34. The molecule has 2 saturated heterocycles. The van der Waals surface area contributed by atoms with Crippen LogP contribution >= 0.6 is 23.2 Å². The molecule has 9 heteroatoms. The zero-order valence-electron chi connectivity index (χ0n) is 17.5. The fourth-order valence-electron chi connectivity index (χ4n) is 3.50. The van der Waals surface area contributed by atoms with E-state index in [4.69, 9.17) is 27.9 Å². The number of amides is 1. The molecule has 0 bridgehead atoms. The standard InChI is InChI=1S/C17H20Cl2N4O2.C4H9N/c1-12-15(19)10-20-23(12)11-17(24)22-7-5-21(6-8-22)13-3-4-14(18)16(9-13)25-2;1-2-4-5-3-1/h3-4,9-10H,5-8,11H2,1-2H3;5H,1-4H2. The van der Waals surface area contributed by atoms with Gasteiger partial charge in [-0.3, -0.25) is 9.48 Å². The van der Waals surface area contributed by atoms with Crippen LogP contribution < -0.4 is 15.0 Å². The van der Waals surface area contributed by atoms with E-state index in [-0.39, 0.29) is 12.5 Å². The van der Waals surface area contributed by atoms with Crippen molar-refractivity contribution < 1.29 is 9.53 Å². The molecule has 30 heavy (non-hydrogen) atoms. The molecule has 1 amide bonds. The molecule has 0 radical (unpaired) electrons. The molecule has 0 saturated carbocycles. The summed E-state index contributed by atoms with van der Waals surface area (Å²) in [7, 11) is 1.60. The average molecular weight is 454 g/mol. The summed E-state index contributed by atoms with van der Waals surface area (Å²) in [6, 6.07) is 5.73. The average Bonchev–Trinajstić information content (AvgIpc) is 3.45. The minimum Gasteiger partial charge on any atom is -0.495 e. The van der Waals surface area contributed by atoms with Gasteiger partial charge >= 0.3 is 0 Å². The van der Waals surface area contributed by atoms with Crippen LogP contribution in [0.3, 0.4) is 0 Å². The number of carbonyl (C=O) groups is 1. The number of piperazine rings is 1. The molecule has 0 aliphatic carbocycles. The van der Waals surface area contributed by atoms with E-state index < -0.39 is 0 Å².